The highest BCUT2D eigenvalue weighted by atomic mass is 19.1. The molecule has 2 aromatic rings. The van der Waals surface area contributed by atoms with Crippen molar-refractivity contribution in [1.82, 2.24) is 9.88 Å². The van der Waals surface area contributed by atoms with E-state index in [1.54, 1.807) is 23.2 Å². The minimum absolute atomic E-state index is 0.146. The summed E-state index contributed by atoms with van der Waals surface area (Å²) in [5.74, 6) is -0.324. The number of anilines is 2. The van der Waals surface area contributed by atoms with Gasteiger partial charge in [0.05, 0.1) is 19.0 Å². The number of pyridine rings is 1. The van der Waals surface area contributed by atoms with E-state index in [9.17, 15) is 14.0 Å². The molecule has 0 radical (unpaired) electrons. The van der Waals surface area contributed by atoms with Crippen LogP contribution < -0.4 is 15.0 Å². The number of amides is 2. The van der Waals surface area contributed by atoms with E-state index in [-0.39, 0.29) is 17.7 Å². The Bertz CT molecular complexity index is 1010. The molecule has 1 saturated heterocycles. The molecule has 3 rings (SSSR count). The number of methoxy groups -OCH3 is 1. The number of halogens is 1. The topological polar surface area (TPSA) is 84.0 Å². The van der Waals surface area contributed by atoms with Crippen LogP contribution in [0.15, 0.2) is 42.6 Å². The fourth-order valence-electron chi connectivity index (χ4n) is 3.25. The Hall–Kier alpha value is -3.62. The van der Waals surface area contributed by atoms with Crippen LogP contribution in [0.1, 0.15) is 26.3 Å². The van der Waals surface area contributed by atoms with Gasteiger partial charge in [0.2, 0.25) is 5.91 Å². The molecule has 1 aromatic carbocycles. The largest absolute Gasteiger partial charge is 0.494 e. The van der Waals surface area contributed by atoms with Crippen LogP contribution in [0.5, 0.6) is 5.75 Å². The fraction of sp³-hybridized carbons (Fsp3) is 0.375. The molecular formula is C24H29FN4O4. The van der Waals surface area contributed by atoms with E-state index < -0.39 is 11.4 Å². The Balaban J connectivity index is 1.51. The number of nitrogens with one attached hydrogen (secondary N) is 1. The smallest absolute Gasteiger partial charge is 0.410 e. The molecule has 33 heavy (non-hydrogen) atoms. The zero-order valence-electron chi connectivity index (χ0n) is 19.3. The average Bonchev–Trinajstić information content (AvgIpc) is 2.77. The second-order valence-electron chi connectivity index (χ2n) is 8.57. The number of benzene rings is 1. The average molecular weight is 457 g/mol. The fourth-order valence-corrected chi connectivity index (χ4v) is 3.25. The Labute approximate surface area is 193 Å². The molecule has 2 heterocycles. The van der Waals surface area contributed by atoms with E-state index in [1.807, 2.05) is 26.8 Å². The number of ether oxygens (including phenoxy) is 2. The van der Waals surface area contributed by atoms with Gasteiger partial charge in [-0.05, 0) is 56.7 Å². The first-order chi connectivity index (χ1) is 15.6. The number of carbonyl (C=O) groups excluding carboxylic acids is 2. The molecule has 0 saturated carbocycles. The van der Waals surface area contributed by atoms with Crippen LogP contribution in [0, 0.1) is 5.82 Å². The van der Waals surface area contributed by atoms with Gasteiger partial charge in [-0.25, -0.2) is 14.2 Å². The van der Waals surface area contributed by atoms with Crippen molar-refractivity contribution >= 4 is 29.6 Å². The monoisotopic (exact) mass is 456 g/mol. The Morgan fingerprint density at radius 1 is 1.12 bits per heavy atom. The Morgan fingerprint density at radius 3 is 2.42 bits per heavy atom. The predicted molar refractivity (Wildman–Crippen MR) is 125 cm³/mol. The van der Waals surface area contributed by atoms with Crippen molar-refractivity contribution in [3.63, 3.8) is 0 Å². The lowest BCUT2D eigenvalue weighted by Crippen LogP contribution is -2.50. The summed E-state index contributed by atoms with van der Waals surface area (Å²) in [4.78, 5) is 32.5. The van der Waals surface area contributed by atoms with Gasteiger partial charge < -0.3 is 24.6 Å². The number of aromatic nitrogens is 1. The summed E-state index contributed by atoms with van der Waals surface area (Å²) in [6.07, 6.45) is 4.20. The van der Waals surface area contributed by atoms with Crippen LogP contribution in [0.25, 0.3) is 6.08 Å². The molecule has 1 aromatic heterocycles. The molecule has 2 amide bonds. The van der Waals surface area contributed by atoms with Crippen molar-refractivity contribution in [3.05, 3.63) is 54.0 Å². The minimum Gasteiger partial charge on any atom is -0.494 e. The summed E-state index contributed by atoms with van der Waals surface area (Å²) < 4.78 is 24.0. The van der Waals surface area contributed by atoms with Gasteiger partial charge in [-0.2, -0.15) is 0 Å². The number of carbonyl (C=O) groups is 2. The summed E-state index contributed by atoms with van der Waals surface area (Å²) in [7, 11) is 1.39. The van der Waals surface area contributed by atoms with Crippen molar-refractivity contribution < 1.29 is 23.5 Å². The first-order valence-electron chi connectivity index (χ1n) is 10.7. The normalized spacial score (nSPS) is 14.3. The highest BCUT2D eigenvalue weighted by molar-refractivity contribution is 6.01. The van der Waals surface area contributed by atoms with Gasteiger partial charge in [-0.3, -0.25) is 4.79 Å². The van der Waals surface area contributed by atoms with Gasteiger partial charge in [0.25, 0.3) is 0 Å². The van der Waals surface area contributed by atoms with Crippen molar-refractivity contribution in [3.8, 4) is 5.75 Å². The third-order valence-corrected chi connectivity index (χ3v) is 4.90. The molecule has 0 aliphatic carbocycles. The van der Waals surface area contributed by atoms with Crippen LogP contribution in [-0.4, -0.2) is 60.8 Å². The molecule has 0 spiro atoms. The molecule has 176 valence electrons. The van der Waals surface area contributed by atoms with Gasteiger partial charge in [-0.15, -0.1) is 0 Å². The zero-order chi connectivity index (χ0) is 24.0. The summed E-state index contributed by atoms with van der Waals surface area (Å²) in [6.45, 7) is 7.99. The van der Waals surface area contributed by atoms with Gasteiger partial charge in [-0.1, -0.05) is 6.07 Å². The van der Waals surface area contributed by atoms with Gasteiger partial charge in [0, 0.05) is 32.3 Å². The van der Waals surface area contributed by atoms with E-state index in [4.69, 9.17) is 9.47 Å². The lowest BCUT2D eigenvalue weighted by atomic mass is 10.2. The Morgan fingerprint density at radius 2 is 1.85 bits per heavy atom. The third-order valence-electron chi connectivity index (χ3n) is 4.90. The van der Waals surface area contributed by atoms with E-state index >= 15 is 0 Å². The number of hydrogen-bond acceptors (Lipinski definition) is 6. The quantitative estimate of drug-likeness (QED) is 0.687. The van der Waals surface area contributed by atoms with Gasteiger partial charge in [0.15, 0.2) is 11.6 Å². The maximum Gasteiger partial charge on any atom is 0.410 e. The molecule has 1 aliphatic heterocycles. The molecule has 0 atom stereocenters. The molecule has 1 fully saturated rings. The van der Waals surface area contributed by atoms with Crippen molar-refractivity contribution in [2.45, 2.75) is 26.4 Å². The maximum absolute atomic E-state index is 13.7. The number of piperazine rings is 1. The van der Waals surface area contributed by atoms with Crippen molar-refractivity contribution in [2.24, 2.45) is 0 Å². The zero-order valence-corrected chi connectivity index (χ0v) is 19.3. The van der Waals surface area contributed by atoms with Gasteiger partial charge in [0.1, 0.15) is 11.4 Å². The summed E-state index contributed by atoms with van der Waals surface area (Å²) >= 11 is 0. The number of rotatable bonds is 5. The van der Waals surface area contributed by atoms with Crippen LogP contribution in [0.4, 0.5) is 20.7 Å². The molecule has 8 nitrogen and oxygen atoms in total. The third kappa shape index (κ3) is 6.93. The molecule has 1 N–H and O–H groups in total. The first-order valence-corrected chi connectivity index (χ1v) is 10.7. The van der Waals surface area contributed by atoms with Crippen LogP contribution in [0.3, 0.4) is 0 Å². The summed E-state index contributed by atoms with van der Waals surface area (Å²) in [5.41, 5.74) is 0.927. The summed E-state index contributed by atoms with van der Waals surface area (Å²) in [5, 5.41) is 2.68. The standard InChI is InChI=1S/C24H29FN4O4/c1-24(2,3)33-23(31)29-13-11-28(12-14-29)18-7-9-21(26-16-18)27-22(30)10-6-17-5-8-20(32-4)19(25)15-17/h5-10,15-16H,11-14H2,1-4H3,(H,26,27,30)/b10-6+. The minimum atomic E-state index is -0.515. The molecule has 1 aliphatic rings. The van der Waals surface area contributed by atoms with Crippen LogP contribution in [-0.2, 0) is 9.53 Å². The van der Waals surface area contributed by atoms with E-state index in [2.05, 4.69) is 15.2 Å². The lowest BCUT2D eigenvalue weighted by molar-refractivity contribution is -0.111. The number of nitrogens with zero attached hydrogens (tertiary/aromatic N) is 3. The first kappa shape index (κ1) is 24.0. The van der Waals surface area contributed by atoms with Crippen molar-refractivity contribution in [1.29, 1.82) is 0 Å². The van der Waals surface area contributed by atoms with Crippen LogP contribution >= 0.6 is 0 Å². The SMILES string of the molecule is COc1ccc(/C=C/C(=O)Nc2ccc(N3CCN(C(=O)OC(C)(C)C)CC3)cn2)cc1F. The van der Waals surface area contributed by atoms with Crippen LogP contribution in [0.2, 0.25) is 0 Å². The predicted octanol–water partition coefficient (Wildman–Crippen LogP) is 3.94. The lowest BCUT2D eigenvalue weighted by Gasteiger charge is -2.36. The molecule has 9 heteroatoms. The highest BCUT2D eigenvalue weighted by Crippen LogP contribution is 2.20. The Kier molecular flexibility index (Phi) is 7.52. The van der Waals surface area contributed by atoms with E-state index in [0.717, 1.165) is 5.69 Å². The molecule has 0 unspecified atom stereocenters. The molecule has 0 bridgehead atoms. The highest BCUT2D eigenvalue weighted by Gasteiger charge is 2.26. The van der Waals surface area contributed by atoms with E-state index in [1.165, 1.54) is 31.4 Å². The summed E-state index contributed by atoms with van der Waals surface area (Å²) in [6, 6.07) is 8.03. The van der Waals surface area contributed by atoms with E-state index in [0.29, 0.717) is 37.6 Å². The molecular weight excluding hydrogens is 427 g/mol. The maximum atomic E-state index is 13.7. The van der Waals surface area contributed by atoms with Crippen molar-refractivity contribution in [2.75, 3.05) is 43.5 Å². The van der Waals surface area contributed by atoms with Gasteiger partial charge >= 0.3 is 6.09 Å². The second kappa shape index (κ2) is 10.3. The second-order valence-corrected chi connectivity index (χ2v) is 8.57. The number of hydrogen-bond donors (Lipinski definition) is 1.